The van der Waals surface area contributed by atoms with Gasteiger partial charge in [-0.15, -0.1) is 0 Å². The first-order valence-electron chi connectivity index (χ1n) is 4.77. The molecule has 2 rings (SSSR count). The van der Waals surface area contributed by atoms with E-state index < -0.39 is 0 Å². The predicted molar refractivity (Wildman–Crippen MR) is 57.5 cm³/mol. The van der Waals surface area contributed by atoms with E-state index in [9.17, 15) is 0 Å². The van der Waals surface area contributed by atoms with Gasteiger partial charge in [0, 0.05) is 24.2 Å². The highest BCUT2D eigenvalue weighted by Gasteiger charge is 2.03. The van der Waals surface area contributed by atoms with E-state index in [4.69, 9.17) is 10.00 Å². The summed E-state index contributed by atoms with van der Waals surface area (Å²) in [5.41, 5.74) is 1.38. The van der Waals surface area contributed by atoms with Crippen LogP contribution in [0.25, 0.3) is 0 Å². The molecular weight excluding hydrogens is 202 g/mol. The topological polar surface area (TPSA) is 58.8 Å². The van der Waals surface area contributed by atoms with Crippen LogP contribution in [0.4, 0.5) is 0 Å². The van der Waals surface area contributed by atoms with Gasteiger partial charge in [-0.2, -0.15) is 5.26 Å². The van der Waals surface area contributed by atoms with Gasteiger partial charge < -0.3 is 4.74 Å². The van der Waals surface area contributed by atoms with Gasteiger partial charge in [-0.25, -0.2) is 4.98 Å². The third-order valence-electron chi connectivity index (χ3n) is 1.99. The third-order valence-corrected chi connectivity index (χ3v) is 1.99. The fourth-order valence-corrected chi connectivity index (χ4v) is 1.23. The van der Waals surface area contributed by atoms with Crippen molar-refractivity contribution in [3.05, 3.63) is 54.0 Å². The molecule has 0 radical (unpaired) electrons. The maximum absolute atomic E-state index is 8.83. The molecule has 0 bridgehead atoms. The van der Waals surface area contributed by atoms with Crippen molar-refractivity contribution >= 4 is 0 Å². The maximum atomic E-state index is 8.83. The molecule has 0 aromatic carbocycles. The molecule has 0 aliphatic heterocycles. The number of rotatable bonds is 3. The zero-order valence-electron chi connectivity index (χ0n) is 8.50. The zero-order valence-corrected chi connectivity index (χ0v) is 8.50. The number of nitriles is 1. The first-order valence-corrected chi connectivity index (χ1v) is 4.77. The normalized spacial score (nSPS) is 9.44. The van der Waals surface area contributed by atoms with Crippen LogP contribution >= 0.6 is 0 Å². The van der Waals surface area contributed by atoms with Crippen LogP contribution in [0.3, 0.4) is 0 Å². The molecule has 0 atom stereocenters. The summed E-state index contributed by atoms with van der Waals surface area (Å²) in [7, 11) is 0. The van der Waals surface area contributed by atoms with Gasteiger partial charge in [-0.3, -0.25) is 4.98 Å². The van der Waals surface area contributed by atoms with E-state index in [1.54, 1.807) is 30.7 Å². The molecule has 2 heterocycles. The molecule has 2 aromatic heterocycles. The maximum Gasteiger partial charge on any atom is 0.231 e. The van der Waals surface area contributed by atoms with Crippen LogP contribution < -0.4 is 4.74 Å². The molecule has 2 aromatic rings. The molecule has 0 N–H and O–H groups in total. The molecular formula is C12H9N3O. The highest BCUT2D eigenvalue weighted by Crippen LogP contribution is 2.14. The van der Waals surface area contributed by atoms with Crippen LogP contribution in [0.15, 0.2) is 42.9 Å². The van der Waals surface area contributed by atoms with Crippen molar-refractivity contribution in [2.75, 3.05) is 0 Å². The van der Waals surface area contributed by atoms with Gasteiger partial charge in [0.1, 0.15) is 18.2 Å². The first kappa shape index (κ1) is 10.1. The van der Waals surface area contributed by atoms with E-state index in [1.165, 1.54) is 0 Å². The Bertz CT molecular complexity index is 505. The first-order chi connectivity index (χ1) is 7.90. The van der Waals surface area contributed by atoms with Crippen molar-refractivity contribution in [1.82, 2.24) is 9.97 Å². The largest absolute Gasteiger partial charge is 0.472 e. The predicted octanol–water partition coefficient (Wildman–Crippen LogP) is 1.93. The van der Waals surface area contributed by atoms with Crippen molar-refractivity contribution in [2.45, 2.75) is 6.61 Å². The van der Waals surface area contributed by atoms with Gasteiger partial charge in [-0.1, -0.05) is 6.07 Å². The molecule has 4 heteroatoms. The Balaban J connectivity index is 2.09. The summed E-state index contributed by atoms with van der Waals surface area (Å²) in [5, 5.41) is 8.83. The minimum atomic E-state index is 0.355. The second-order valence-electron chi connectivity index (χ2n) is 3.12. The lowest BCUT2D eigenvalue weighted by Gasteiger charge is -2.05. The average Bonchev–Trinajstić information content (AvgIpc) is 2.38. The van der Waals surface area contributed by atoms with Crippen molar-refractivity contribution in [2.24, 2.45) is 0 Å². The van der Waals surface area contributed by atoms with Crippen LogP contribution in [0.2, 0.25) is 0 Å². The molecule has 0 unspecified atom stereocenters. The number of pyridine rings is 2. The highest BCUT2D eigenvalue weighted by molar-refractivity contribution is 5.37. The number of aromatic nitrogens is 2. The Morgan fingerprint density at radius 1 is 1.25 bits per heavy atom. The fraction of sp³-hybridized carbons (Fsp3) is 0.0833. The van der Waals surface area contributed by atoms with E-state index in [0.29, 0.717) is 18.1 Å². The number of nitrogens with zero attached hydrogens (tertiary/aromatic N) is 3. The molecule has 0 saturated heterocycles. The summed E-state index contributed by atoms with van der Waals surface area (Å²) < 4.78 is 5.44. The third kappa shape index (κ3) is 2.34. The Hall–Kier alpha value is -2.41. The van der Waals surface area contributed by atoms with Gasteiger partial charge >= 0.3 is 0 Å². The number of ether oxygens (including phenoxy) is 1. The molecule has 4 nitrogen and oxygen atoms in total. The van der Waals surface area contributed by atoms with E-state index in [1.807, 2.05) is 18.2 Å². The number of hydrogen-bond acceptors (Lipinski definition) is 4. The Labute approximate surface area is 93.2 Å². The summed E-state index contributed by atoms with van der Waals surface area (Å²) in [4.78, 5) is 7.97. The Morgan fingerprint density at radius 3 is 2.88 bits per heavy atom. The summed E-state index contributed by atoms with van der Waals surface area (Å²) in [6, 6.07) is 9.15. The summed E-state index contributed by atoms with van der Waals surface area (Å²) in [5.74, 6) is 0.355. The molecule has 0 spiro atoms. The minimum Gasteiger partial charge on any atom is -0.472 e. The van der Waals surface area contributed by atoms with Crippen molar-refractivity contribution in [3.63, 3.8) is 0 Å². The second kappa shape index (κ2) is 4.89. The fourth-order valence-electron chi connectivity index (χ4n) is 1.23. The lowest BCUT2D eigenvalue weighted by atomic mass is 10.3. The van der Waals surface area contributed by atoms with E-state index in [0.717, 1.165) is 5.56 Å². The Morgan fingerprint density at radius 2 is 2.12 bits per heavy atom. The van der Waals surface area contributed by atoms with Gasteiger partial charge in [0.25, 0.3) is 0 Å². The second-order valence-corrected chi connectivity index (χ2v) is 3.12. The zero-order chi connectivity index (χ0) is 11.2. The van der Waals surface area contributed by atoms with E-state index >= 15 is 0 Å². The average molecular weight is 211 g/mol. The summed E-state index contributed by atoms with van der Waals surface area (Å²) in [6.45, 7) is 0.361. The summed E-state index contributed by atoms with van der Waals surface area (Å²) in [6.07, 6.45) is 5.01. The van der Waals surface area contributed by atoms with E-state index in [2.05, 4.69) is 9.97 Å². The quantitative estimate of drug-likeness (QED) is 0.778. The van der Waals surface area contributed by atoms with Crippen LogP contribution in [0.1, 0.15) is 11.1 Å². The lowest BCUT2D eigenvalue weighted by Crippen LogP contribution is -1.99. The van der Waals surface area contributed by atoms with Crippen LogP contribution in [0, 0.1) is 11.3 Å². The van der Waals surface area contributed by atoms with Crippen molar-refractivity contribution in [1.29, 1.82) is 5.26 Å². The molecule has 0 aliphatic rings. The highest BCUT2D eigenvalue weighted by atomic mass is 16.5. The van der Waals surface area contributed by atoms with Crippen LogP contribution in [-0.2, 0) is 6.61 Å². The molecule has 0 amide bonds. The smallest absolute Gasteiger partial charge is 0.231 e. The van der Waals surface area contributed by atoms with Gasteiger partial charge in [0.05, 0.1) is 0 Å². The van der Waals surface area contributed by atoms with Crippen molar-refractivity contribution < 1.29 is 4.74 Å². The summed E-state index contributed by atoms with van der Waals surface area (Å²) >= 11 is 0. The van der Waals surface area contributed by atoms with Gasteiger partial charge in [0.2, 0.25) is 5.88 Å². The van der Waals surface area contributed by atoms with Gasteiger partial charge in [-0.05, 0) is 18.2 Å². The van der Waals surface area contributed by atoms with Crippen LogP contribution in [-0.4, -0.2) is 9.97 Å². The standard InChI is InChI=1S/C12H9N3O/c13-7-11-4-2-6-15-12(11)16-9-10-3-1-5-14-8-10/h1-6,8H,9H2. The van der Waals surface area contributed by atoms with Gasteiger partial charge in [0.15, 0.2) is 0 Å². The molecule has 16 heavy (non-hydrogen) atoms. The Kier molecular flexibility index (Phi) is 3.10. The molecule has 0 fully saturated rings. The lowest BCUT2D eigenvalue weighted by molar-refractivity contribution is 0.292. The molecule has 78 valence electrons. The minimum absolute atomic E-state index is 0.355. The van der Waals surface area contributed by atoms with E-state index in [-0.39, 0.29) is 0 Å². The van der Waals surface area contributed by atoms with Crippen molar-refractivity contribution in [3.8, 4) is 11.9 Å². The monoisotopic (exact) mass is 211 g/mol. The molecule has 0 aliphatic carbocycles. The number of hydrogen-bond donors (Lipinski definition) is 0. The van der Waals surface area contributed by atoms with Crippen LogP contribution in [0.5, 0.6) is 5.88 Å². The SMILES string of the molecule is N#Cc1cccnc1OCc1cccnc1. The molecule has 0 saturated carbocycles.